The van der Waals surface area contributed by atoms with Crippen LogP contribution in [0, 0.1) is 0 Å². The molecule has 1 unspecified atom stereocenters. The van der Waals surface area contributed by atoms with Crippen LogP contribution in [0.2, 0.25) is 0 Å². The Morgan fingerprint density at radius 2 is 1.88 bits per heavy atom. The lowest BCUT2D eigenvalue weighted by Gasteiger charge is -2.28. The molecule has 0 saturated carbocycles. The number of hydrogen-bond acceptors (Lipinski definition) is 4. The molecule has 0 aliphatic heterocycles. The van der Waals surface area contributed by atoms with Gasteiger partial charge >= 0.3 is 0 Å². The maximum absolute atomic E-state index is 12.0. The highest BCUT2D eigenvalue weighted by molar-refractivity contribution is 7.91. The summed E-state index contributed by atoms with van der Waals surface area (Å²) in [6, 6.07) is 0. The molecule has 1 atom stereocenters. The van der Waals surface area contributed by atoms with E-state index in [4.69, 9.17) is 5.73 Å². The van der Waals surface area contributed by atoms with Crippen LogP contribution in [-0.2, 0) is 14.6 Å². The second kappa shape index (κ2) is 6.35. The number of carbonyl (C=O) groups excluding carboxylic acids is 1. The first-order valence-corrected chi connectivity index (χ1v) is 7.73. The number of hydrogen-bond donors (Lipinski definition) is 1. The van der Waals surface area contributed by atoms with E-state index < -0.39 is 15.4 Å². The Balaban J connectivity index is 4.43. The van der Waals surface area contributed by atoms with Crippen LogP contribution in [0.1, 0.15) is 33.6 Å². The second-order valence-corrected chi connectivity index (χ2v) is 7.10. The van der Waals surface area contributed by atoms with Gasteiger partial charge in [0.05, 0.1) is 11.3 Å². The molecule has 0 rings (SSSR count). The first-order chi connectivity index (χ1) is 7.66. The van der Waals surface area contributed by atoms with Gasteiger partial charge in [0.15, 0.2) is 9.84 Å². The van der Waals surface area contributed by atoms with Crippen molar-refractivity contribution in [2.45, 2.75) is 39.2 Å². The summed E-state index contributed by atoms with van der Waals surface area (Å²) in [5.41, 5.74) is 5.00. The van der Waals surface area contributed by atoms with Gasteiger partial charge in [-0.05, 0) is 13.3 Å². The Hall–Kier alpha value is -0.620. The molecule has 0 aromatic rings. The fourth-order valence-corrected chi connectivity index (χ4v) is 2.42. The molecule has 0 aliphatic rings. The van der Waals surface area contributed by atoms with Crippen LogP contribution in [-0.4, -0.2) is 49.9 Å². The average molecular weight is 264 g/mol. The number of nitrogens with two attached hydrogens (primary N) is 1. The van der Waals surface area contributed by atoms with Crippen molar-refractivity contribution in [1.82, 2.24) is 4.90 Å². The summed E-state index contributed by atoms with van der Waals surface area (Å²) in [6.07, 6.45) is 1.41. The van der Waals surface area contributed by atoms with Gasteiger partial charge in [0.1, 0.15) is 0 Å². The molecule has 1 amide bonds. The van der Waals surface area contributed by atoms with Crippen molar-refractivity contribution in [2.75, 3.05) is 25.1 Å². The van der Waals surface area contributed by atoms with E-state index in [1.54, 1.807) is 20.9 Å². The van der Waals surface area contributed by atoms with Gasteiger partial charge in [0.25, 0.3) is 0 Å². The molecule has 5 nitrogen and oxygen atoms in total. The molecule has 102 valence electrons. The normalized spacial score (nSPS) is 15.4. The Morgan fingerprint density at radius 1 is 1.35 bits per heavy atom. The molecule has 0 aliphatic carbocycles. The maximum Gasteiger partial charge on any atom is 0.242 e. The number of rotatable bonds is 7. The van der Waals surface area contributed by atoms with Gasteiger partial charge in [-0.1, -0.05) is 20.3 Å². The molecular formula is C11H24N2O3S. The van der Waals surface area contributed by atoms with E-state index in [0.717, 1.165) is 6.42 Å². The van der Waals surface area contributed by atoms with Crippen LogP contribution in [0.25, 0.3) is 0 Å². The number of nitrogens with zero attached hydrogens (tertiary/aromatic N) is 1. The summed E-state index contributed by atoms with van der Waals surface area (Å²) in [5, 5.41) is 0. The molecule has 0 bridgehead atoms. The van der Waals surface area contributed by atoms with Gasteiger partial charge in [-0.2, -0.15) is 0 Å². The van der Waals surface area contributed by atoms with Gasteiger partial charge < -0.3 is 10.6 Å². The van der Waals surface area contributed by atoms with Crippen LogP contribution >= 0.6 is 0 Å². The monoisotopic (exact) mass is 264 g/mol. The zero-order valence-electron chi connectivity index (χ0n) is 11.2. The van der Waals surface area contributed by atoms with E-state index >= 15 is 0 Å². The summed E-state index contributed by atoms with van der Waals surface area (Å²) in [7, 11) is -1.45. The minimum absolute atomic E-state index is 0.00601. The first-order valence-electron chi connectivity index (χ1n) is 5.91. The van der Waals surface area contributed by atoms with E-state index in [1.165, 1.54) is 4.90 Å². The van der Waals surface area contributed by atoms with Crippen LogP contribution in [0.3, 0.4) is 0 Å². The molecule has 0 radical (unpaired) electrons. The summed E-state index contributed by atoms with van der Waals surface area (Å²) in [6.45, 7) is 5.44. The van der Waals surface area contributed by atoms with E-state index in [0.29, 0.717) is 6.42 Å². The van der Waals surface area contributed by atoms with Crippen molar-refractivity contribution in [1.29, 1.82) is 0 Å². The molecule has 2 N–H and O–H groups in total. The highest BCUT2D eigenvalue weighted by Crippen LogP contribution is 2.11. The van der Waals surface area contributed by atoms with Gasteiger partial charge in [0, 0.05) is 19.3 Å². The molecule has 0 heterocycles. The Kier molecular flexibility index (Phi) is 6.12. The highest BCUT2D eigenvalue weighted by Gasteiger charge is 2.30. The second-order valence-electron chi connectivity index (χ2n) is 4.63. The van der Waals surface area contributed by atoms with E-state index in [9.17, 15) is 13.2 Å². The summed E-state index contributed by atoms with van der Waals surface area (Å²) in [5.74, 6) is -0.108. The average Bonchev–Trinajstić information content (AvgIpc) is 2.25. The van der Waals surface area contributed by atoms with Gasteiger partial charge in [0.2, 0.25) is 5.91 Å². The lowest BCUT2D eigenvalue weighted by molar-refractivity contribution is -0.135. The summed E-state index contributed by atoms with van der Waals surface area (Å²) in [4.78, 5) is 13.4. The zero-order chi connectivity index (χ0) is 13.7. The third-order valence-electron chi connectivity index (χ3n) is 2.78. The summed E-state index contributed by atoms with van der Waals surface area (Å²) >= 11 is 0. The standard InChI is InChI=1S/C11H24N2O3S/c1-5-7-11(3,12)10(14)13(4)8-9-17(15,16)6-2/h5-9,12H2,1-4H3. The van der Waals surface area contributed by atoms with Crippen molar-refractivity contribution >= 4 is 15.7 Å². The Bertz CT molecular complexity index is 350. The van der Waals surface area contributed by atoms with Crippen LogP contribution in [0.5, 0.6) is 0 Å². The van der Waals surface area contributed by atoms with Crippen molar-refractivity contribution in [2.24, 2.45) is 5.73 Å². The Morgan fingerprint density at radius 3 is 2.29 bits per heavy atom. The van der Waals surface area contributed by atoms with Crippen molar-refractivity contribution < 1.29 is 13.2 Å². The lowest BCUT2D eigenvalue weighted by atomic mass is 9.96. The molecule has 17 heavy (non-hydrogen) atoms. The predicted molar refractivity (Wildman–Crippen MR) is 69.5 cm³/mol. The van der Waals surface area contributed by atoms with Crippen molar-refractivity contribution in [3.8, 4) is 0 Å². The fraction of sp³-hybridized carbons (Fsp3) is 0.909. The number of amides is 1. The van der Waals surface area contributed by atoms with Gasteiger partial charge in [-0.3, -0.25) is 4.79 Å². The number of likely N-dealkylation sites (N-methyl/N-ethyl adjacent to an activating group) is 1. The predicted octanol–water partition coefficient (Wildman–Crippen LogP) is 0.397. The van der Waals surface area contributed by atoms with Crippen molar-refractivity contribution in [3.63, 3.8) is 0 Å². The lowest BCUT2D eigenvalue weighted by Crippen LogP contribution is -2.52. The molecule has 0 fully saturated rings. The largest absolute Gasteiger partial charge is 0.343 e. The highest BCUT2D eigenvalue weighted by atomic mass is 32.2. The fourth-order valence-electron chi connectivity index (χ4n) is 1.58. The topological polar surface area (TPSA) is 80.5 Å². The minimum Gasteiger partial charge on any atom is -0.343 e. The van der Waals surface area contributed by atoms with Crippen LogP contribution < -0.4 is 5.73 Å². The first kappa shape index (κ1) is 16.4. The van der Waals surface area contributed by atoms with E-state index in [-0.39, 0.29) is 24.0 Å². The molecule has 0 saturated heterocycles. The van der Waals surface area contributed by atoms with E-state index in [2.05, 4.69) is 0 Å². The van der Waals surface area contributed by atoms with Crippen LogP contribution in [0.4, 0.5) is 0 Å². The smallest absolute Gasteiger partial charge is 0.242 e. The third-order valence-corrected chi connectivity index (χ3v) is 4.47. The molecule has 6 heteroatoms. The maximum atomic E-state index is 12.0. The SMILES string of the molecule is CCCC(C)(N)C(=O)N(C)CCS(=O)(=O)CC. The molecule has 0 spiro atoms. The zero-order valence-corrected chi connectivity index (χ0v) is 12.0. The Labute approximate surface area is 104 Å². The third kappa shape index (κ3) is 5.50. The molecule has 0 aromatic carbocycles. The van der Waals surface area contributed by atoms with Crippen molar-refractivity contribution in [3.05, 3.63) is 0 Å². The minimum atomic E-state index is -3.04. The summed E-state index contributed by atoms with van der Waals surface area (Å²) < 4.78 is 22.7. The molecule has 0 aromatic heterocycles. The number of sulfone groups is 1. The molecular weight excluding hydrogens is 240 g/mol. The van der Waals surface area contributed by atoms with Crippen LogP contribution in [0.15, 0.2) is 0 Å². The van der Waals surface area contributed by atoms with E-state index in [1.807, 2.05) is 6.92 Å². The number of carbonyl (C=O) groups is 1. The quantitative estimate of drug-likeness (QED) is 0.721. The van der Waals surface area contributed by atoms with Gasteiger partial charge in [-0.15, -0.1) is 0 Å². The van der Waals surface area contributed by atoms with Gasteiger partial charge in [-0.25, -0.2) is 8.42 Å².